The highest BCUT2D eigenvalue weighted by Gasteiger charge is 2.20. The van der Waals surface area contributed by atoms with Crippen LogP contribution in [0.2, 0.25) is 0 Å². The van der Waals surface area contributed by atoms with Crippen LogP contribution < -0.4 is 5.32 Å². The number of hydrogen-bond acceptors (Lipinski definition) is 6. The fourth-order valence-corrected chi connectivity index (χ4v) is 2.63. The number of nitrogens with one attached hydrogen (secondary N) is 1. The van der Waals surface area contributed by atoms with Crippen LogP contribution in [0.15, 0.2) is 18.2 Å². The van der Waals surface area contributed by atoms with Gasteiger partial charge in [0.05, 0.1) is 10.5 Å². The second kappa shape index (κ2) is 5.85. The zero-order valence-corrected chi connectivity index (χ0v) is 11.5. The minimum absolute atomic E-state index is 0.110. The van der Waals surface area contributed by atoms with Gasteiger partial charge in [-0.25, -0.2) is 0 Å². The Kier molecular flexibility index (Phi) is 4.18. The highest BCUT2D eigenvalue weighted by atomic mass is 32.1. The van der Waals surface area contributed by atoms with Crippen LogP contribution in [0.3, 0.4) is 0 Å². The number of hydrogen-bond donors (Lipinski definition) is 1. The molecule has 0 aliphatic heterocycles. The van der Waals surface area contributed by atoms with Crippen LogP contribution in [-0.4, -0.2) is 28.7 Å². The van der Waals surface area contributed by atoms with Crippen LogP contribution >= 0.6 is 11.3 Å². The normalized spacial score (nSPS) is 10.6. The first-order valence-corrected chi connectivity index (χ1v) is 6.66. The van der Waals surface area contributed by atoms with Crippen LogP contribution in [0, 0.1) is 17.0 Å². The molecular formula is C12H14N4O2S. The summed E-state index contributed by atoms with van der Waals surface area (Å²) in [6.45, 7) is 2.54. The molecule has 0 spiro atoms. The molecule has 0 amide bonds. The third kappa shape index (κ3) is 2.94. The number of benzene rings is 1. The van der Waals surface area contributed by atoms with Gasteiger partial charge in [0.2, 0.25) is 0 Å². The summed E-state index contributed by atoms with van der Waals surface area (Å²) in [5.74, 6) is 0. The Morgan fingerprint density at radius 1 is 1.42 bits per heavy atom. The molecule has 19 heavy (non-hydrogen) atoms. The Labute approximate surface area is 114 Å². The lowest BCUT2D eigenvalue weighted by Gasteiger charge is -2.01. The molecule has 7 heteroatoms. The van der Waals surface area contributed by atoms with Crippen LogP contribution in [-0.2, 0) is 6.42 Å². The van der Waals surface area contributed by atoms with Crippen molar-refractivity contribution in [3.63, 3.8) is 0 Å². The van der Waals surface area contributed by atoms with E-state index < -0.39 is 0 Å². The van der Waals surface area contributed by atoms with E-state index in [1.54, 1.807) is 25.1 Å². The van der Waals surface area contributed by atoms with Crippen LogP contribution in [0.4, 0.5) is 5.69 Å². The van der Waals surface area contributed by atoms with Gasteiger partial charge < -0.3 is 5.32 Å². The van der Waals surface area contributed by atoms with Gasteiger partial charge in [-0.15, -0.1) is 10.2 Å². The van der Waals surface area contributed by atoms with E-state index in [2.05, 4.69) is 15.5 Å². The monoisotopic (exact) mass is 278 g/mol. The molecule has 6 nitrogen and oxygen atoms in total. The molecule has 0 fully saturated rings. The largest absolute Gasteiger partial charge is 0.319 e. The number of nitrogens with zero attached hydrogens (tertiary/aromatic N) is 3. The lowest BCUT2D eigenvalue weighted by molar-refractivity contribution is -0.384. The molecule has 1 heterocycles. The van der Waals surface area contributed by atoms with Crippen molar-refractivity contribution < 1.29 is 4.92 Å². The second-order valence-corrected chi connectivity index (χ2v) is 5.14. The fraction of sp³-hybridized carbons (Fsp3) is 0.333. The molecule has 2 aromatic rings. The quantitative estimate of drug-likeness (QED) is 0.669. The van der Waals surface area contributed by atoms with Crippen molar-refractivity contribution in [1.82, 2.24) is 15.5 Å². The van der Waals surface area contributed by atoms with Crippen molar-refractivity contribution in [1.29, 1.82) is 0 Å². The van der Waals surface area contributed by atoms with E-state index in [0.717, 1.165) is 18.0 Å². The SMILES string of the molecule is CNCCc1nnc(-c2cccc(C)c2[N+](=O)[O-])s1. The average Bonchev–Trinajstić information content (AvgIpc) is 2.84. The average molecular weight is 278 g/mol. The first-order chi connectivity index (χ1) is 9.13. The van der Waals surface area contributed by atoms with Crippen molar-refractivity contribution in [2.45, 2.75) is 13.3 Å². The Bertz CT molecular complexity index is 597. The van der Waals surface area contributed by atoms with Gasteiger partial charge in [0.1, 0.15) is 5.01 Å². The summed E-state index contributed by atoms with van der Waals surface area (Å²) < 4.78 is 0. The van der Waals surface area contributed by atoms with Crippen molar-refractivity contribution >= 4 is 17.0 Å². The molecule has 2 rings (SSSR count). The molecule has 0 unspecified atom stereocenters. The summed E-state index contributed by atoms with van der Waals surface area (Å²) in [7, 11) is 1.87. The summed E-state index contributed by atoms with van der Waals surface area (Å²) in [5.41, 5.74) is 1.28. The van der Waals surface area contributed by atoms with Crippen molar-refractivity contribution in [2.24, 2.45) is 0 Å². The van der Waals surface area contributed by atoms with E-state index in [4.69, 9.17) is 0 Å². The zero-order chi connectivity index (χ0) is 13.8. The van der Waals surface area contributed by atoms with Gasteiger partial charge >= 0.3 is 0 Å². The predicted molar refractivity (Wildman–Crippen MR) is 74.4 cm³/mol. The maximum absolute atomic E-state index is 11.1. The summed E-state index contributed by atoms with van der Waals surface area (Å²) >= 11 is 1.40. The smallest absolute Gasteiger partial charge is 0.282 e. The fourth-order valence-electron chi connectivity index (χ4n) is 1.77. The molecular weight excluding hydrogens is 264 g/mol. The molecule has 0 aliphatic rings. The van der Waals surface area contributed by atoms with Crippen LogP contribution in [0.5, 0.6) is 0 Å². The summed E-state index contributed by atoms with van der Waals surface area (Å²) in [6.07, 6.45) is 0.772. The number of nitro groups is 1. The first-order valence-electron chi connectivity index (χ1n) is 5.85. The van der Waals surface area contributed by atoms with E-state index in [0.29, 0.717) is 16.1 Å². The molecule has 0 aliphatic carbocycles. The predicted octanol–water partition coefficient (Wildman–Crippen LogP) is 2.18. The molecule has 100 valence electrons. The first kappa shape index (κ1) is 13.6. The molecule has 0 atom stereocenters. The van der Waals surface area contributed by atoms with E-state index in [9.17, 15) is 10.1 Å². The van der Waals surface area contributed by atoms with Gasteiger partial charge in [0.15, 0.2) is 5.01 Å². The maximum atomic E-state index is 11.1. The van der Waals surface area contributed by atoms with E-state index in [1.807, 2.05) is 7.05 Å². The topological polar surface area (TPSA) is 81.0 Å². The van der Waals surface area contributed by atoms with Crippen molar-refractivity contribution in [2.75, 3.05) is 13.6 Å². The third-order valence-electron chi connectivity index (χ3n) is 2.71. The lowest BCUT2D eigenvalue weighted by Crippen LogP contribution is -2.09. The highest BCUT2D eigenvalue weighted by molar-refractivity contribution is 7.14. The Morgan fingerprint density at radius 3 is 2.89 bits per heavy atom. The third-order valence-corrected chi connectivity index (χ3v) is 3.72. The van der Waals surface area contributed by atoms with E-state index >= 15 is 0 Å². The summed E-state index contributed by atoms with van der Waals surface area (Å²) in [4.78, 5) is 10.8. The standard InChI is InChI=1S/C12H14N4O2S/c1-8-4-3-5-9(11(8)16(17)18)12-15-14-10(19-12)6-7-13-2/h3-5,13H,6-7H2,1-2H3. The minimum Gasteiger partial charge on any atom is -0.319 e. The number of aromatic nitrogens is 2. The number of rotatable bonds is 5. The second-order valence-electron chi connectivity index (χ2n) is 4.08. The molecule has 0 saturated heterocycles. The van der Waals surface area contributed by atoms with Gasteiger partial charge in [0.25, 0.3) is 5.69 Å². The summed E-state index contributed by atoms with van der Waals surface area (Å²) in [5, 5.41) is 23.8. The number of nitro benzene ring substituents is 1. The maximum Gasteiger partial charge on any atom is 0.282 e. The van der Waals surface area contributed by atoms with Gasteiger partial charge in [-0.2, -0.15) is 0 Å². The number of para-hydroxylation sites is 1. The molecule has 0 bridgehead atoms. The highest BCUT2D eigenvalue weighted by Crippen LogP contribution is 2.34. The molecule has 0 saturated carbocycles. The van der Waals surface area contributed by atoms with Gasteiger partial charge in [-0.3, -0.25) is 10.1 Å². The Morgan fingerprint density at radius 2 is 2.21 bits per heavy atom. The molecule has 1 aromatic heterocycles. The van der Waals surface area contributed by atoms with Gasteiger partial charge in [-0.05, 0) is 20.0 Å². The van der Waals surface area contributed by atoms with Crippen LogP contribution in [0.25, 0.3) is 10.6 Å². The number of aryl methyl sites for hydroxylation is 1. The Hall–Kier alpha value is -1.86. The zero-order valence-electron chi connectivity index (χ0n) is 10.7. The molecule has 1 aromatic carbocycles. The van der Waals surface area contributed by atoms with Crippen molar-refractivity contribution in [3.8, 4) is 10.6 Å². The van der Waals surface area contributed by atoms with Gasteiger partial charge in [-0.1, -0.05) is 23.5 Å². The van der Waals surface area contributed by atoms with E-state index in [1.165, 1.54) is 11.3 Å². The minimum atomic E-state index is -0.362. The number of likely N-dealkylation sites (N-methyl/N-ethyl adjacent to an activating group) is 1. The summed E-state index contributed by atoms with van der Waals surface area (Å²) in [6, 6.07) is 5.24. The van der Waals surface area contributed by atoms with Crippen LogP contribution in [0.1, 0.15) is 10.6 Å². The molecule has 0 radical (unpaired) electrons. The lowest BCUT2D eigenvalue weighted by atomic mass is 10.1. The van der Waals surface area contributed by atoms with Gasteiger partial charge in [0, 0.05) is 18.5 Å². The molecule has 1 N–H and O–H groups in total. The Balaban J connectivity index is 2.39. The van der Waals surface area contributed by atoms with E-state index in [-0.39, 0.29) is 10.6 Å². The van der Waals surface area contributed by atoms with Crippen molar-refractivity contribution in [3.05, 3.63) is 38.9 Å².